The zero-order chi connectivity index (χ0) is 22.2. The first-order valence-electron chi connectivity index (χ1n) is 10.5. The second kappa shape index (κ2) is 8.33. The van der Waals surface area contributed by atoms with Gasteiger partial charge in [0.1, 0.15) is 18.5 Å². The van der Waals surface area contributed by atoms with Crippen molar-refractivity contribution in [3.63, 3.8) is 0 Å². The highest BCUT2D eigenvalue weighted by molar-refractivity contribution is 5.90. The number of aliphatic hydroxyl groups is 1. The summed E-state index contributed by atoms with van der Waals surface area (Å²) in [4.78, 5) is 40.4. The minimum atomic E-state index is -0.577. The first kappa shape index (κ1) is 21.4. The molecule has 31 heavy (non-hydrogen) atoms. The molecule has 0 radical (unpaired) electrons. The Kier molecular flexibility index (Phi) is 5.74. The Morgan fingerprint density at radius 1 is 1.32 bits per heavy atom. The van der Waals surface area contributed by atoms with Gasteiger partial charge in [-0.2, -0.15) is 0 Å². The van der Waals surface area contributed by atoms with Crippen LogP contribution in [0, 0.1) is 5.82 Å². The molecule has 1 aromatic rings. The van der Waals surface area contributed by atoms with Crippen LogP contribution in [0.5, 0.6) is 0 Å². The van der Waals surface area contributed by atoms with Crippen LogP contribution in [0.1, 0.15) is 26.2 Å². The molecule has 0 aromatic heterocycles. The Labute approximate surface area is 179 Å². The van der Waals surface area contributed by atoms with E-state index in [4.69, 9.17) is 4.74 Å². The number of benzene rings is 1. The summed E-state index contributed by atoms with van der Waals surface area (Å²) in [6.07, 6.45) is 1.37. The van der Waals surface area contributed by atoms with Crippen molar-refractivity contribution in [3.8, 4) is 0 Å². The number of hydrogen-bond acceptors (Lipinski definition) is 6. The van der Waals surface area contributed by atoms with Crippen molar-refractivity contribution in [1.29, 1.82) is 0 Å². The highest BCUT2D eigenvalue weighted by Gasteiger charge is 2.48. The molecular weight excluding hydrogens is 407 g/mol. The number of carbonyl (C=O) groups is 3. The Morgan fingerprint density at radius 3 is 2.84 bits per heavy atom. The van der Waals surface area contributed by atoms with Crippen molar-refractivity contribution in [3.05, 3.63) is 24.0 Å². The van der Waals surface area contributed by atoms with Crippen molar-refractivity contribution in [1.82, 2.24) is 10.2 Å². The van der Waals surface area contributed by atoms with Gasteiger partial charge < -0.3 is 25.0 Å². The van der Waals surface area contributed by atoms with Crippen molar-refractivity contribution in [2.24, 2.45) is 0 Å². The molecule has 2 atom stereocenters. The monoisotopic (exact) mass is 434 g/mol. The van der Waals surface area contributed by atoms with E-state index in [1.165, 1.54) is 17.9 Å². The standard InChI is InChI=1S/C21H27FN4O5/c1-14(28)23-10-16-11-25(20(30)31-16)15-3-4-18(17(22)9-15)24-8-6-21(13-24)5-2-7-26(21)19(29)12-27/h3-4,9,16,27H,2,5-8,10-13H2,1H3,(H,23,28). The van der Waals surface area contributed by atoms with Crippen LogP contribution in [-0.2, 0) is 14.3 Å². The molecule has 3 heterocycles. The molecule has 3 aliphatic heterocycles. The van der Waals surface area contributed by atoms with Crippen LogP contribution in [0.3, 0.4) is 0 Å². The van der Waals surface area contributed by atoms with Crippen LogP contribution >= 0.6 is 0 Å². The molecule has 3 saturated heterocycles. The minimum absolute atomic E-state index is 0.205. The average Bonchev–Trinajstić information content (AvgIpc) is 3.45. The van der Waals surface area contributed by atoms with E-state index in [2.05, 4.69) is 5.32 Å². The largest absolute Gasteiger partial charge is 0.442 e. The van der Waals surface area contributed by atoms with Crippen LogP contribution in [0.2, 0.25) is 0 Å². The zero-order valence-electron chi connectivity index (χ0n) is 17.5. The summed E-state index contributed by atoms with van der Waals surface area (Å²) < 4.78 is 20.3. The van der Waals surface area contributed by atoms with Crippen LogP contribution in [0.4, 0.5) is 20.6 Å². The molecule has 1 spiro atoms. The minimum Gasteiger partial charge on any atom is -0.442 e. The van der Waals surface area contributed by atoms with Gasteiger partial charge in [-0.1, -0.05) is 0 Å². The third-order valence-corrected chi connectivity index (χ3v) is 6.40. The summed E-state index contributed by atoms with van der Waals surface area (Å²) in [5.74, 6) is -0.947. The number of halogens is 1. The lowest BCUT2D eigenvalue weighted by molar-refractivity contribution is -0.137. The average molecular weight is 434 g/mol. The second-order valence-electron chi connectivity index (χ2n) is 8.39. The van der Waals surface area contributed by atoms with Crippen molar-refractivity contribution in [2.45, 2.75) is 37.8 Å². The summed E-state index contributed by atoms with van der Waals surface area (Å²) in [7, 11) is 0. The van der Waals surface area contributed by atoms with Gasteiger partial charge >= 0.3 is 6.09 Å². The molecule has 0 bridgehead atoms. The molecule has 0 aliphatic carbocycles. The number of anilines is 2. The van der Waals surface area contributed by atoms with Crippen LogP contribution in [0.15, 0.2) is 18.2 Å². The summed E-state index contributed by atoms with van der Waals surface area (Å²) in [5, 5.41) is 11.9. The zero-order valence-corrected chi connectivity index (χ0v) is 17.5. The van der Waals surface area contributed by atoms with Crippen molar-refractivity contribution >= 4 is 29.3 Å². The molecule has 2 N–H and O–H groups in total. The van der Waals surface area contributed by atoms with Crippen LogP contribution in [-0.4, -0.2) is 78.9 Å². The van der Waals surface area contributed by atoms with Crippen LogP contribution in [0.25, 0.3) is 0 Å². The van der Waals surface area contributed by atoms with Crippen LogP contribution < -0.4 is 15.1 Å². The highest BCUT2D eigenvalue weighted by Crippen LogP contribution is 2.40. The van der Waals surface area contributed by atoms with E-state index in [-0.39, 0.29) is 30.4 Å². The maximum atomic E-state index is 15.0. The number of nitrogens with one attached hydrogen (secondary N) is 1. The van der Waals surface area contributed by atoms with Gasteiger partial charge in [-0.3, -0.25) is 14.5 Å². The van der Waals surface area contributed by atoms with Gasteiger partial charge in [-0.15, -0.1) is 0 Å². The number of nitrogens with zero attached hydrogens (tertiary/aromatic N) is 3. The van der Waals surface area contributed by atoms with Gasteiger partial charge in [-0.05, 0) is 37.5 Å². The van der Waals surface area contributed by atoms with Gasteiger partial charge in [0.05, 0.1) is 30.0 Å². The predicted octanol–water partition coefficient (Wildman–Crippen LogP) is 0.851. The number of cyclic esters (lactones) is 1. The third kappa shape index (κ3) is 4.04. The maximum Gasteiger partial charge on any atom is 0.414 e. The fourth-order valence-electron chi connectivity index (χ4n) is 4.92. The summed E-state index contributed by atoms with van der Waals surface area (Å²) in [5.41, 5.74) is 0.454. The molecule has 9 nitrogen and oxygen atoms in total. The number of rotatable bonds is 5. The highest BCUT2D eigenvalue weighted by atomic mass is 19.1. The van der Waals surface area contributed by atoms with Gasteiger partial charge in [0.2, 0.25) is 11.8 Å². The van der Waals surface area contributed by atoms with E-state index in [1.807, 2.05) is 4.90 Å². The fourth-order valence-corrected chi connectivity index (χ4v) is 4.92. The molecule has 168 valence electrons. The molecule has 3 aliphatic rings. The molecule has 1 aromatic carbocycles. The Balaban J connectivity index is 1.46. The summed E-state index contributed by atoms with van der Waals surface area (Å²) in [6.45, 7) is 3.04. The van der Waals surface area contributed by atoms with E-state index in [0.29, 0.717) is 31.0 Å². The van der Waals surface area contributed by atoms with E-state index in [1.54, 1.807) is 17.0 Å². The Hall–Kier alpha value is -2.88. The molecule has 4 rings (SSSR count). The maximum absolute atomic E-state index is 15.0. The lowest BCUT2D eigenvalue weighted by atomic mass is 9.95. The number of ether oxygens (including phenoxy) is 1. The number of aliphatic hydroxyl groups excluding tert-OH is 1. The quantitative estimate of drug-likeness (QED) is 0.713. The summed E-state index contributed by atoms with van der Waals surface area (Å²) in [6, 6.07) is 4.63. The number of hydrogen-bond donors (Lipinski definition) is 2. The first-order chi connectivity index (χ1) is 14.8. The van der Waals surface area contributed by atoms with E-state index in [0.717, 1.165) is 19.3 Å². The smallest absolute Gasteiger partial charge is 0.414 e. The van der Waals surface area contributed by atoms with E-state index < -0.39 is 24.6 Å². The lowest BCUT2D eigenvalue weighted by Crippen LogP contribution is -2.50. The van der Waals surface area contributed by atoms with Gasteiger partial charge in [0.25, 0.3) is 0 Å². The molecule has 2 unspecified atom stereocenters. The molecule has 3 fully saturated rings. The third-order valence-electron chi connectivity index (χ3n) is 6.40. The second-order valence-corrected chi connectivity index (χ2v) is 8.39. The topological polar surface area (TPSA) is 102 Å². The fraction of sp³-hybridized carbons (Fsp3) is 0.571. The normalized spacial score (nSPS) is 25.5. The molecule has 10 heteroatoms. The Bertz CT molecular complexity index is 897. The summed E-state index contributed by atoms with van der Waals surface area (Å²) >= 11 is 0. The molecule has 3 amide bonds. The SMILES string of the molecule is CC(=O)NCC1CN(c2ccc(N3CCC4(CCCN4C(=O)CO)C3)c(F)c2)C(=O)O1. The number of likely N-dealkylation sites (tertiary alicyclic amines) is 1. The molecule has 0 saturated carbocycles. The molecular formula is C21H27FN4O5. The Morgan fingerprint density at radius 2 is 2.13 bits per heavy atom. The van der Waals surface area contributed by atoms with E-state index in [9.17, 15) is 19.5 Å². The van der Waals surface area contributed by atoms with Gasteiger partial charge in [0, 0.05) is 26.6 Å². The number of amides is 3. The number of carbonyl (C=O) groups excluding carboxylic acids is 3. The van der Waals surface area contributed by atoms with Crippen molar-refractivity contribution < 1.29 is 28.6 Å². The predicted molar refractivity (Wildman–Crippen MR) is 110 cm³/mol. The van der Waals surface area contributed by atoms with E-state index >= 15 is 4.39 Å². The van der Waals surface area contributed by atoms with Crippen molar-refractivity contribution in [2.75, 3.05) is 49.1 Å². The first-order valence-corrected chi connectivity index (χ1v) is 10.5. The lowest BCUT2D eigenvalue weighted by Gasteiger charge is -2.35. The van der Waals surface area contributed by atoms with Gasteiger partial charge in [0.15, 0.2) is 0 Å². The van der Waals surface area contributed by atoms with Gasteiger partial charge in [-0.25, -0.2) is 9.18 Å².